The van der Waals surface area contributed by atoms with Gasteiger partial charge in [-0.2, -0.15) is 0 Å². The number of hydrogen-bond acceptors (Lipinski definition) is 5. The summed E-state index contributed by atoms with van der Waals surface area (Å²) >= 11 is 3.63. The Labute approximate surface area is 183 Å². The van der Waals surface area contributed by atoms with Crippen LogP contribution in [0.4, 0.5) is 0 Å². The van der Waals surface area contributed by atoms with Crippen LogP contribution in [0.3, 0.4) is 0 Å². The van der Waals surface area contributed by atoms with Gasteiger partial charge in [0.15, 0.2) is 5.96 Å². The highest BCUT2D eigenvalue weighted by atomic mass is 32.1. The quantitative estimate of drug-likeness (QED) is 0.483. The Morgan fingerprint density at radius 2 is 2.10 bits per heavy atom. The Hall–Kier alpha value is -1.44. The zero-order valence-electron chi connectivity index (χ0n) is 18.2. The molecule has 1 aliphatic rings. The van der Waals surface area contributed by atoms with Gasteiger partial charge in [0.2, 0.25) is 0 Å². The molecule has 0 aromatic carbocycles. The van der Waals surface area contributed by atoms with Gasteiger partial charge in [0.05, 0.1) is 10.7 Å². The number of thiophene rings is 1. The summed E-state index contributed by atoms with van der Waals surface area (Å²) in [5.74, 6) is 1.63. The smallest absolute Gasteiger partial charge is 0.191 e. The number of piperidine rings is 1. The largest absolute Gasteiger partial charge is 0.357 e. The van der Waals surface area contributed by atoms with Crippen LogP contribution >= 0.6 is 22.7 Å². The molecule has 29 heavy (non-hydrogen) atoms. The number of aromatic nitrogens is 1. The topological polar surface area (TPSA) is 52.6 Å². The van der Waals surface area contributed by atoms with Crippen LogP contribution < -0.4 is 10.6 Å². The van der Waals surface area contributed by atoms with E-state index in [4.69, 9.17) is 4.99 Å². The maximum Gasteiger partial charge on any atom is 0.191 e. The zero-order chi connectivity index (χ0) is 20.6. The fourth-order valence-electron chi connectivity index (χ4n) is 3.76. The van der Waals surface area contributed by atoms with Crippen LogP contribution in [-0.2, 0) is 13.0 Å². The number of thiazole rings is 1. The van der Waals surface area contributed by atoms with E-state index in [0.717, 1.165) is 50.1 Å². The molecule has 0 spiro atoms. The lowest BCUT2D eigenvalue weighted by Crippen LogP contribution is -2.43. The molecule has 0 aliphatic carbocycles. The SMILES string of the molecule is CCNC(=NCC1CCN(Cc2csc(C)n2)CC1)NC(C)Cc1ccc(C)s1. The third kappa shape index (κ3) is 7.39. The standard InChI is InChI=1S/C22H35N5S2/c1-5-23-22(25-16(2)12-21-7-6-17(3)29-21)24-13-19-8-10-27(11-9-19)14-20-15-28-18(4)26-20/h6-7,15-16,19H,5,8-14H2,1-4H3,(H2,23,24,25). The first-order chi connectivity index (χ1) is 14.0. The molecular formula is C22H35N5S2. The highest BCUT2D eigenvalue weighted by Gasteiger charge is 2.20. The van der Waals surface area contributed by atoms with Crippen LogP contribution in [0.25, 0.3) is 0 Å². The lowest BCUT2D eigenvalue weighted by Gasteiger charge is -2.31. The minimum atomic E-state index is 0.370. The van der Waals surface area contributed by atoms with Gasteiger partial charge in [-0.3, -0.25) is 9.89 Å². The second kappa shape index (κ2) is 11.1. The molecule has 3 rings (SSSR count). The molecule has 1 saturated heterocycles. The van der Waals surface area contributed by atoms with Gasteiger partial charge >= 0.3 is 0 Å². The van der Waals surface area contributed by atoms with E-state index in [1.807, 2.05) is 11.3 Å². The van der Waals surface area contributed by atoms with Crippen molar-refractivity contribution in [2.24, 2.45) is 10.9 Å². The summed E-state index contributed by atoms with van der Waals surface area (Å²) < 4.78 is 0. The van der Waals surface area contributed by atoms with E-state index >= 15 is 0 Å². The van der Waals surface area contributed by atoms with Crippen molar-refractivity contribution in [3.05, 3.63) is 38.0 Å². The molecule has 1 fully saturated rings. The fourth-order valence-corrected chi connectivity index (χ4v) is 5.38. The first kappa shape index (κ1) is 22.2. The van der Waals surface area contributed by atoms with Crippen molar-refractivity contribution in [1.29, 1.82) is 0 Å². The average Bonchev–Trinajstić information content (AvgIpc) is 3.28. The molecule has 0 bridgehead atoms. The maximum atomic E-state index is 4.90. The summed E-state index contributed by atoms with van der Waals surface area (Å²) in [5, 5.41) is 10.4. The van der Waals surface area contributed by atoms with Gasteiger partial charge in [-0.1, -0.05) is 0 Å². The molecule has 2 aromatic rings. The Bertz CT molecular complexity index is 774. The van der Waals surface area contributed by atoms with E-state index in [0.29, 0.717) is 12.0 Å². The first-order valence-electron chi connectivity index (χ1n) is 10.7. The second-order valence-electron chi connectivity index (χ2n) is 8.06. The van der Waals surface area contributed by atoms with Crippen molar-refractivity contribution >= 4 is 28.6 Å². The number of guanidine groups is 1. The minimum Gasteiger partial charge on any atom is -0.357 e. The van der Waals surface area contributed by atoms with Gasteiger partial charge in [0.25, 0.3) is 0 Å². The van der Waals surface area contributed by atoms with Crippen LogP contribution in [0.2, 0.25) is 0 Å². The highest BCUT2D eigenvalue weighted by Crippen LogP contribution is 2.20. The van der Waals surface area contributed by atoms with Crippen molar-refractivity contribution in [2.45, 2.75) is 59.5 Å². The molecule has 5 nitrogen and oxygen atoms in total. The van der Waals surface area contributed by atoms with Crippen molar-refractivity contribution in [3.8, 4) is 0 Å². The molecular weight excluding hydrogens is 398 g/mol. The van der Waals surface area contributed by atoms with E-state index in [2.05, 4.69) is 65.7 Å². The minimum absolute atomic E-state index is 0.370. The number of likely N-dealkylation sites (tertiary alicyclic amines) is 1. The molecule has 2 N–H and O–H groups in total. The normalized spacial score (nSPS) is 17.4. The number of aryl methyl sites for hydroxylation is 2. The van der Waals surface area contributed by atoms with Crippen molar-refractivity contribution in [3.63, 3.8) is 0 Å². The van der Waals surface area contributed by atoms with E-state index < -0.39 is 0 Å². The van der Waals surface area contributed by atoms with Gasteiger partial charge in [0.1, 0.15) is 0 Å². The molecule has 1 aliphatic heterocycles. The number of rotatable bonds is 8. The number of hydrogen-bond donors (Lipinski definition) is 2. The summed E-state index contributed by atoms with van der Waals surface area (Å²) in [7, 11) is 0. The third-order valence-electron chi connectivity index (χ3n) is 5.30. The van der Waals surface area contributed by atoms with E-state index in [1.165, 1.54) is 28.3 Å². The van der Waals surface area contributed by atoms with Crippen LogP contribution in [0.5, 0.6) is 0 Å². The molecule has 1 unspecified atom stereocenters. The lowest BCUT2D eigenvalue weighted by atomic mass is 9.97. The van der Waals surface area contributed by atoms with E-state index in [-0.39, 0.29) is 0 Å². The second-order valence-corrected chi connectivity index (χ2v) is 10.5. The van der Waals surface area contributed by atoms with Gasteiger partial charge in [-0.25, -0.2) is 4.98 Å². The van der Waals surface area contributed by atoms with Crippen LogP contribution in [0, 0.1) is 19.8 Å². The number of nitrogens with zero attached hydrogens (tertiary/aromatic N) is 3. The molecule has 160 valence electrons. The molecule has 7 heteroatoms. The Morgan fingerprint density at radius 3 is 2.72 bits per heavy atom. The summed E-state index contributed by atoms with van der Waals surface area (Å²) in [6.45, 7) is 13.7. The predicted octanol–water partition coefficient (Wildman–Crippen LogP) is 4.22. The summed E-state index contributed by atoms with van der Waals surface area (Å²) in [4.78, 5) is 14.8. The molecule has 1 atom stereocenters. The molecule has 3 heterocycles. The van der Waals surface area contributed by atoms with Crippen molar-refractivity contribution < 1.29 is 0 Å². The summed E-state index contributed by atoms with van der Waals surface area (Å²) in [6, 6.07) is 4.81. The highest BCUT2D eigenvalue weighted by molar-refractivity contribution is 7.11. The summed E-state index contributed by atoms with van der Waals surface area (Å²) in [5.41, 5.74) is 1.22. The molecule has 0 amide bonds. The van der Waals surface area contributed by atoms with Crippen LogP contribution in [0.1, 0.15) is 47.1 Å². The zero-order valence-corrected chi connectivity index (χ0v) is 19.8. The lowest BCUT2D eigenvalue weighted by molar-refractivity contribution is 0.179. The third-order valence-corrected chi connectivity index (χ3v) is 7.14. The predicted molar refractivity (Wildman–Crippen MR) is 126 cm³/mol. The first-order valence-corrected chi connectivity index (χ1v) is 12.4. The Morgan fingerprint density at radius 1 is 1.31 bits per heavy atom. The van der Waals surface area contributed by atoms with E-state index in [1.54, 1.807) is 11.3 Å². The molecule has 0 saturated carbocycles. The van der Waals surface area contributed by atoms with E-state index in [9.17, 15) is 0 Å². The Kier molecular flexibility index (Phi) is 8.51. The maximum absolute atomic E-state index is 4.90. The van der Waals surface area contributed by atoms with Gasteiger partial charge in [0, 0.05) is 47.2 Å². The summed E-state index contributed by atoms with van der Waals surface area (Å²) in [6.07, 6.45) is 3.48. The van der Waals surface area contributed by atoms with Gasteiger partial charge < -0.3 is 10.6 Å². The fraction of sp³-hybridized carbons (Fsp3) is 0.636. The number of nitrogens with one attached hydrogen (secondary N) is 2. The average molecular weight is 434 g/mol. The Balaban J connectivity index is 1.43. The van der Waals surface area contributed by atoms with Crippen LogP contribution in [-0.4, -0.2) is 48.1 Å². The van der Waals surface area contributed by atoms with Gasteiger partial charge in [-0.05, 0) is 71.7 Å². The van der Waals surface area contributed by atoms with Crippen molar-refractivity contribution in [1.82, 2.24) is 20.5 Å². The monoisotopic (exact) mass is 433 g/mol. The van der Waals surface area contributed by atoms with Crippen LogP contribution in [0.15, 0.2) is 22.5 Å². The van der Waals surface area contributed by atoms with Gasteiger partial charge in [-0.15, -0.1) is 22.7 Å². The number of aliphatic imine (C=N–C) groups is 1. The van der Waals surface area contributed by atoms with Crippen molar-refractivity contribution in [2.75, 3.05) is 26.2 Å². The molecule has 0 radical (unpaired) electrons. The molecule has 2 aromatic heterocycles.